The molecule has 0 bridgehead atoms. The van der Waals surface area contributed by atoms with Gasteiger partial charge in [0, 0.05) is 11.6 Å². The van der Waals surface area contributed by atoms with E-state index in [0.29, 0.717) is 23.0 Å². The summed E-state index contributed by atoms with van der Waals surface area (Å²) in [6, 6.07) is 0.511. The van der Waals surface area contributed by atoms with Gasteiger partial charge in [-0.15, -0.1) is 0 Å². The van der Waals surface area contributed by atoms with Gasteiger partial charge in [0.15, 0.2) is 9.84 Å². The maximum atomic E-state index is 11.7. The summed E-state index contributed by atoms with van der Waals surface area (Å²) in [6.07, 6.45) is 6.97. The lowest BCUT2D eigenvalue weighted by molar-refractivity contribution is 0.129. The van der Waals surface area contributed by atoms with Crippen molar-refractivity contribution < 1.29 is 8.42 Å². The fraction of sp³-hybridized carbons (Fsp3) is 1.00. The van der Waals surface area contributed by atoms with Crippen LogP contribution in [-0.2, 0) is 9.84 Å². The van der Waals surface area contributed by atoms with E-state index < -0.39 is 9.84 Å². The number of hydrogen-bond acceptors (Lipinski definition) is 3. The summed E-state index contributed by atoms with van der Waals surface area (Å²) in [5, 5.41) is 3.66. The van der Waals surface area contributed by atoms with Gasteiger partial charge in [0.1, 0.15) is 0 Å². The van der Waals surface area contributed by atoms with Crippen LogP contribution in [0.2, 0.25) is 0 Å². The van der Waals surface area contributed by atoms with Crippen LogP contribution in [0.15, 0.2) is 0 Å². The Labute approximate surface area is 124 Å². The van der Waals surface area contributed by atoms with Gasteiger partial charge in [-0.05, 0) is 50.4 Å². The van der Waals surface area contributed by atoms with Crippen molar-refractivity contribution in [3.05, 3.63) is 0 Å². The molecular formula is C16H31NO2S. The van der Waals surface area contributed by atoms with E-state index in [2.05, 4.69) is 33.0 Å². The van der Waals surface area contributed by atoms with Gasteiger partial charge >= 0.3 is 0 Å². The van der Waals surface area contributed by atoms with Crippen LogP contribution >= 0.6 is 0 Å². The van der Waals surface area contributed by atoms with E-state index in [1.54, 1.807) is 0 Å². The molecule has 0 aromatic carbocycles. The quantitative estimate of drug-likeness (QED) is 0.867. The smallest absolute Gasteiger partial charge is 0.152 e. The molecule has 1 saturated carbocycles. The van der Waals surface area contributed by atoms with E-state index in [0.717, 1.165) is 12.3 Å². The van der Waals surface area contributed by atoms with Crippen molar-refractivity contribution in [3.63, 3.8) is 0 Å². The third-order valence-electron chi connectivity index (χ3n) is 5.80. The molecule has 0 spiro atoms. The molecule has 4 heteroatoms. The monoisotopic (exact) mass is 301 g/mol. The van der Waals surface area contributed by atoms with Gasteiger partial charge in [0.05, 0.1) is 11.5 Å². The molecule has 1 N–H and O–H groups in total. The Morgan fingerprint density at radius 3 is 2.25 bits per heavy atom. The summed E-state index contributed by atoms with van der Waals surface area (Å²) >= 11 is 0. The normalized spacial score (nSPS) is 38.0. The predicted molar refractivity (Wildman–Crippen MR) is 84.6 cm³/mol. The fourth-order valence-corrected chi connectivity index (χ4v) is 6.03. The summed E-state index contributed by atoms with van der Waals surface area (Å²) in [5.74, 6) is 1.50. The van der Waals surface area contributed by atoms with E-state index >= 15 is 0 Å². The Balaban J connectivity index is 1.86. The average molecular weight is 301 g/mol. The van der Waals surface area contributed by atoms with Crippen LogP contribution in [0.3, 0.4) is 0 Å². The highest BCUT2D eigenvalue weighted by atomic mass is 32.2. The summed E-state index contributed by atoms with van der Waals surface area (Å²) in [4.78, 5) is 0. The molecule has 1 unspecified atom stereocenters. The highest BCUT2D eigenvalue weighted by Gasteiger charge is 2.40. The molecule has 20 heavy (non-hydrogen) atoms. The topological polar surface area (TPSA) is 46.2 Å². The van der Waals surface area contributed by atoms with Crippen LogP contribution in [0.1, 0.15) is 66.2 Å². The predicted octanol–water partition coefficient (Wildman–Crippen LogP) is 3.15. The molecule has 0 radical (unpaired) electrons. The Hall–Kier alpha value is -0.0900. The Morgan fingerprint density at radius 2 is 1.80 bits per heavy atom. The van der Waals surface area contributed by atoms with Crippen LogP contribution in [0.4, 0.5) is 0 Å². The Kier molecular flexibility index (Phi) is 4.56. The minimum atomic E-state index is -2.81. The molecule has 3 nitrogen and oxygen atoms in total. The van der Waals surface area contributed by atoms with Crippen molar-refractivity contribution in [2.24, 2.45) is 11.3 Å². The van der Waals surface area contributed by atoms with E-state index in [9.17, 15) is 8.42 Å². The van der Waals surface area contributed by atoms with Gasteiger partial charge in [-0.25, -0.2) is 8.42 Å². The van der Waals surface area contributed by atoms with Crippen molar-refractivity contribution in [2.45, 2.75) is 77.8 Å². The van der Waals surface area contributed by atoms with E-state index in [1.165, 1.54) is 32.1 Å². The van der Waals surface area contributed by atoms with Gasteiger partial charge in [-0.3, -0.25) is 0 Å². The zero-order valence-corrected chi connectivity index (χ0v) is 14.4. The average Bonchev–Trinajstić information content (AvgIpc) is 2.64. The fourth-order valence-electron chi connectivity index (χ4n) is 3.93. The molecule has 2 aliphatic rings. The summed E-state index contributed by atoms with van der Waals surface area (Å²) < 4.78 is 23.3. The Bertz CT molecular complexity index is 435. The van der Waals surface area contributed by atoms with Crippen LogP contribution in [0.25, 0.3) is 0 Å². The van der Waals surface area contributed by atoms with E-state index in [-0.39, 0.29) is 5.54 Å². The number of nitrogens with one attached hydrogen (secondary N) is 1. The van der Waals surface area contributed by atoms with Crippen LogP contribution in [0.5, 0.6) is 0 Å². The molecule has 118 valence electrons. The molecule has 1 aliphatic heterocycles. The second-order valence-electron chi connectivity index (χ2n) is 7.94. The van der Waals surface area contributed by atoms with Crippen LogP contribution in [0, 0.1) is 11.3 Å². The second kappa shape index (κ2) is 5.60. The minimum Gasteiger partial charge on any atom is -0.308 e. The molecule has 0 aromatic rings. The van der Waals surface area contributed by atoms with Gasteiger partial charge in [0.2, 0.25) is 0 Å². The number of rotatable bonds is 4. The number of sulfone groups is 1. The zero-order chi connectivity index (χ0) is 15.0. The van der Waals surface area contributed by atoms with Crippen molar-refractivity contribution in [1.82, 2.24) is 5.32 Å². The first-order valence-electron chi connectivity index (χ1n) is 8.14. The largest absolute Gasteiger partial charge is 0.308 e. The first-order valence-corrected chi connectivity index (χ1v) is 9.96. The van der Waals surface area contributed by atoms with Gasteiger partial charge in [-0.2, -0.15) is 0 Å². The summed E-state index contributed by atoms with van der Waals surface area (Å²) in [6.45, 7) is 9.14. The van der Waals surface area contributed by atoms with E-state index in [1.807, 2.05) is 0 Å². The molecule has 1 saturated heterocycles. The van der Waals surface area contributed by atoms with Gasteiger partial charge in [0.25, 0.3) is 0 Å². The third kappa shape index (κ3) is 3.76. The van der Waals surface area contributed by atoms with Crippen molar-refractivity contribution in [1.29, 1.82) is 0 Å². The molecule has 2 rings (SSSR count). The van der Waals surface area contributed by atoms with Crippen molar-refractivity contribution in [3.8, 4) is 0 Å². The highest BCUT2D eigenvalue weighted by molar-refractivity contribution is 7.91. The summed E-state index contributed by atoms with van der Waals surface area (Å²) in [5.41, 5.74) is 0.266. The molecule has 1 aliphatic carbocycles. The lowest BCUT2D eigenvalue weighted by atomic mass is 9.68. The SMILES string of the molecule is CCC(C)(C)C1CCC(NC2(C)CCS(=O)(=O)C2)CC1. The molecule has 2 fully saturated rings. The van der Waals surface area contributed by atoms with Crippen LogP contribution in [-0.4, -0.2) is 31.5 Å². The van der Waals surface area contributed by atoms with Crippen molar-refractivity contribution in [2.75, 3.05) is 11.5 Å². The van der Waals surface area contributed by atoms with Gasteiger partial charge in [-0.1, -0.05) is 27.2 Å². The minimum absolute atomic E-state index is 0.184. The first kappa shape index (κ1) is 16.3. The van der Waals surface area contributed by atoms with Crippen molar-refractivity contribution >= 4 is 9.84 Å². The standard InChI is InChI=1S/C16H31NO2S/c1-5-15(2,3)13-6-8-14(9-7-13)17-16(4)10-11-20(18,19)12-16/h13-14,17H,5-12H2,1-4H3. The van der Waals surface area contributed by atoms with E-state index in [4.69, 9.17) is 0 Å². The first-order chi connectivity index (χ1) is 9.16. The Morgan fingerprint density at radius 1 is 1.20 bits per heavy atom. The lowest BCUT2D eigenvalue weighted by Crippen LogP contribution is -2.50. The molecule has 1 heterocycles. The zero-order valence-electron chi connectivity index (χ0n) is 13.5. The lowest BCUT2D eigenvalue weighted by Gasteiger charge is -2.41. The molecule has 0 aromatic heterocycles. The molecule has 0 amide bonds. The number of hydrogen-bond donors (Lipinski definition) is 1. The maximum absolute atomic E-state index is 11.7. The summed E-state index contributed by atoms with van der Waals surface area (Å²) in [7, 11) is -2.81. The van der Waals surface area contributed by atoms with Crippen LogP contribution < -0.4 is 5.32 Å². The highest BCUT2D eigenvalue weighted by Crippen LogP contribution is 2.41. The molecule has 1 atom stereocenters. The third-order valence-corrected chi connectivity index (χ3v) is 7.70. The molecular weight excluding hydrogens is 270 g/mol. The maximum Gasteiger partial charge on any atom is 0.152 e. The van der Waals surface area contributed by atoms with Gasteiger partial charge < -0.3 is 5.32 Å². The second-order valence-corrected chi connectivity index (χ2v) is 10.1.